The second kappa shape index (κ2) is 41.8. The van der Waals surface area contributed by atoms with Gasteiger partial charge in [0, 0.05) is 5.75 Å². The van der Waals surface area contributed by atoms with Crippen LogP contribution in [0.3, 0.4) is 0 Å². The van der Waals surface area contributed by atoms with Gasteiger partial charge in [-0.1, -0.05) is 254 Å². The first-order valence-electron chi connectivity index (χ1n) is 33.3. The highest BCUT2D eigenvalue weighted by atomic mass is 27.2. The van der Waals surface area contributed by atoms with Crippen LogP contribution in [0.4, 0.5) is 71.5 Å². The van der Waals surface area contributed by atoms with Crippen LogP contribution in [0.5, 0.6) is 5.75 Å². The molecule has 0 bridgehead atoms. The van der Waals surface area contributed by atoms with E-state index in [0.717, 1.165) is 18.2 Å². The van der Waals surface area contributed by atoms with Crippen LogP contribution in [0.25, 0.3) is 0 Å². The van der Waals surface area contributed by atoms with E-state index in [9.17, 15) is 39.5 Å². The van der Waals surface area contributed by atoms with Crippen LogP contribution in [0.2, 0.25) is 10.6 Å². The molecule has 0 aromatic heterocycles. The summed E-state index contributed by atoms with van der Waals surface area (Å²) in [6.45, 7) is 10.3. The molecule has 0 spiro atoms. The van der Waals surface area contributed by atoms with Gasteiger partial charge in [-0.3, -0.25) is 0 Å². The Hall–Kier alpha value is -4.59. The van der Waals surface area contributed by atoms with E-state index in [0.29, 0.717) is 6.07 Å². The molecule has 1 N–H and O–H groups in total. The first-order valence-corrected chi connectivity index (χ1v) is 35.4. The van der Waals surface area contributed by atoms with Crippen LogP contribution in [-0.2, 0) is 0 Å². The molecule has 5 aromatic carbocycles. The zero-order valence-corrected chi connectivity index (χ0v) is 54.0. The van der Waals surface area contributed by atoms with Crippen LogP contribution < -0.4 is 30.5 Å². The maximum atomic E-state index is 15.8. The van der Waals surface area contributed by atoms with Crippen LogP contribution in [-0.4, -0.2) is 33.7 Å². The Morgan fingerprint density at radius 3 is 0.798 bits per heavy atom. The summed E-state index contributed by atoms with van der Waals surface area (Å²) in [5.41, 5.74) is -8.05. The predicted molar refractivity (Wildman–Crippen MR) is 333 cm³/mol. The monoisotopic (exact) mass is 1290 g/mol. The van der Waals surface area contributed by atoms with Crippen molar-refractivity contribution in [2.45, 2.75) is 244 Å². The molecule has 0 fully saturated rings. The van der Waals surface area contributed by atoms with Crippen molar-refractivity contribution in [2.24, 2.45) is 0 Å². The van der Waals surface area contributed by atoms with Crippen molar-refractivity contribution < 1.29 is 74.5 Å². The number of rotatable bonds is 43. The molecule has 5 rings (SSSR count). The maximum Gasteiger partial charge on any atom is 0.546 e. The zero-order chi connectivity index (χ0) is 65.3. The number of hydrogen-bond acceptors (Lipinski definition) is 1. The van der Waals surface area contributed by atoms with Crippen molar-refractivity contribution in [1.82, 2.24) is 0 Å². The molecular formula is C70H94AlBF15NO. The van der Waals surface area contributed by atoms with Crippen molar-refractivity contribution in [3.63, 3.8) is 0 Å². The van der Waals surface area contributed by atoms with E-state index < -0.39 is 135 Å². The van der Waals surface area contributed by atoms with Gasteiger partial charge in [0.05, 0.1) is 13.1 Å². The molecule has 0 aliphatic carbocycles. The van der Waals surface area contributed by atoms with E-state index in [1.54, 1.807) is 4.90 Å². The minimum Gasteiger partial charge on any atom is -0.645 e. The molecule has 0 unspecified atom stereocenters. The van der Waals surface area contributed by atoms with E-state index in [-0.39, 0.29) is 10.6 Å². The average molecular weight is 1290 g/mol. The molecule has 19 heteroatoms. The van der Waals surface area contributed by atoms with E-state index in [1.807, 2.05) is 0 Å². The van der Waals surface area contributed by atoms with Gasteiger partial charge >= 0.3 is 14.5 Å². The summed E-state index contributed by atoms with van der Waals surface area (Å²) in [5, 5.41) is 0.330. The fourth-order valence-corrected chi connectivity index (χ4v) is 13.8. The van der Waals surface area contributed by atoms with Crippen LogP contribution in [0, 0.1) is 87.3 Å². The summed E-state index contributed by atoms with van der Waals surface area (Å²) in [7, 11) is 0. The van der Waals surface area contributed by atoms with Gasteiger partial charge in [-0.05, 0) is 43.9 Å². The minimum atomic E-state index is -5.90. The van der Waals surface area contributed by atoms with E-state index >= 15 is 26.3 Å². The highest BCUT2D eigenvalue weighted by Crippen LogP contribution is 2.31. The van der Waals surface area contributed by atoms with Gasteiger partial charge < -0.3 is 8.69 Å². The molecule has 0 saturated carbocycles. The number of benzene rings is 5. The molecule has 0 aliphatic heterocycles. The van der Waals surface area contributed by atoms with Crippen molar-refractivity contribution in [3.8, 4) is 5.75 Å². The lowest BCUT2D eigenvalue weighted by atomic mass is 9.12. The first kappa shape index (κ1) is 76.9. The van der Waals surface area contributed by atoms with Gasteiger partial charge in [0.25, 0.3) is 0 Å². The lowest BCUT2D eigenvalue weighted by molar-refractivity contribution is -0.833. The Morgan fingerprint density at radius 2 is 0.528 bits per heavy atom. The second-order valence-electron chi connectivity index (χ2n) is 24.0. The first-order chi connectivity index (χ1) is 42.9. The third-order valence-electron chi connectivity index (χ3n) is 17.5. The zero-order valence-electron chi connectivity index (χ0n) is 52.9. The topological polar surface area (TPSA) is 13.7 Å². The van der Waals surface area contributed by atoms with Gasteiger partial charge in [-0.25, -0.2) is 65.9 Å². The standard InChI is InChI=1S/C42H79N.C24H5BF15O.2C2H5.Al/c1-3-5-7-9-11-13-15-17-19-21-23-25-27-29-31-36-40-43(42-38-34-33-35-39-42)41-37-32-30-28-26-24-22-20-18-16-14-12-10-8-6-4-2;26-10-7(11(27)17(33)22(38)16(10)32)25(5-3-1-2-4-6(5)41,8-12(28)18(34)23(39)19(35)13(8)29)9-14(30)20(36)24(40)21(37)15(9)31;2*1-2;/h33-35,38-39H,3-32,36-37,40-41H2,1-2H3;1-4,41H;2*1H2,2H3;/q;-1;;;+1. The molecule has 89 heavy (non-hydrogen) atoms. The number of unbranched alkanes of at least 4 members (excludes halogenated alkanes) is 30. The molecule has 0 radical (unpaired) electrons. The third-order valence-corrected chi connectivity index (χ3v) is 19.9. The number of hydrogen-bond donors (Lipinski definition) is 1. The van der Waals surface area contributed by atoms with E-state index in [2.05, 4.69) is 44.2 Å². The fraction of sp³-hybridized carbons (Fsp3) is 0.571. The molecule has 0 aliphatic rings. The summed E-state index contributed by atoms with van der Waals surface area (Å²) in [5.74, 6) is -46.7. The highest BCUT2D eigenvalue weighted by molar-refractivity contribution is 7.20. The number of para-hydroxylation sites is 2. The molecule has 5 aromatic rings. The van der Waals surface area contributed by atoms with Gasteiger partial charge in [0.2, 0.25) is 0 Å². The summed E-state index contributed by atoms with van der Waals surface area (Å²) in [4.78, 5) is 1.73. The fourth-order valence-electron chi connectivity index (χ4n) is 12.3. The molecule has 2 nitrogen and oxygen atoms in total. The predicted octanol–water partition coefficient (Wildman–Crippen LogP) is 20.3. The molecule has 496 valence electrons. The quantitative estimate of drug-likeness (QED) is 0.0135. The normalized spacial score (nSPS) is 11.7. The summed E-state index contributed by atoms with van der Waals surface area (Å²) >= 11 is -2.63. The van der Waals surface area contributed by atoms with Crippen molar-refractivity contribution in [1.29, 1.82) is 0 Å². The van der Waals surface area contributed by atoms with Crippen molar-refractivity contribution >= 4 is 48.2 Å². The van der Waals surface area contributed by atoms with E-state index in [1.165, 1.54) is 238 Å². The van der Waals surface area contributed by atoms with Crippen LogP contribution >= 0.6 is 0 Å². The second-order valence-corrected chi connectivity index (χ2v) is 27.1. The Labute approximate surface area is 524 Å². The SMILES string of the molecule is CCCCCCCCCCCCCCCCCC[NH+](CCCCCCCCCCCCCCCCCC)c1ccccc1.C[CH2][Al]([CH2]C)[O]c1ccccc1[B-](c1c(F)c(F)c(F)c(F)c1F)(c1c(F)c(F)c(F)c(F)c1F)c1c(F)c(F)c(F)c(F)c1F. The Bertz CT molecular complexity index is 2570. The van der Waals surface area contributed by atoms with Crippen LogP contribution in [0.1, 0.15) is 233 Å². The van der Waals surface area contributed by atoms with Gasteiger partial charge in [-0.15, -0.1) is 16.4 Å². The molecule has 0 saturated heterocycles. The van der Waals surface area contributed by atoms with E-state index in [4.69, 9.17) is 3.79 Å². The number of halogens is 15. The molecule has 0 atom stereocenters. The maximum absolute atomic E-state index is 15.8. The minimum absolute atomic E-state index is 0.165. The molecular weight excluding hydrogens is 1190 g/mol. The number of quaternary nitrogens is 1. The Balaban J connectivity index is 0.000000382. The Morgan fingerprint density at radius 1 is 0.292 bits per heavy atom. The van der Waals surface area contributed by atoms with Gasteiger partial charge in [0.1, 0.15) is 46.7 Å². The largest absolute Gasteiger partial charge is 0.645 e. The lowest BCUT2D eigenvalue weighted by Crippen LogP contribution is -3.07. The average Bonchev–Trinajstić information content (AvgIpc) is 0.694. The summed E-state index contributed by atoms with van der Waals surface area (Å²) in [6, 6.07) is 14.3. The smallest absolute Gasteiger partial charge is 0.546 e. The third kappa shape index (κ3) is 22.0. The highest BCUT2D eigenvalue weighted by Gasteiger charge is 2.50. The molecule has 0 heterocycles. The van der Waals surface area contributed by atoms with Crippen LogP contribution in [0.15, 0.2) is 54.6 Å². The lowest BCUT2D eigenvalue weighted by Gasteiger charge is -2.45. The number of nitrogens with one attached hydrogen (secondary N) is 1. The summed E-state index contributed by atoms with van der Waals surface area (Å²) in [6.07, 6.45) is 40.6. The van der Waals surface area contributed by atoms with Crippen molar-refractivity contribution in [2.75, 3.05) is 13.1 Å². The van der Waals surface area contributed by atoms with Gasteiger partial charge in [0.15, 0.2) is 52.4 Å². The van der Waals surface area contributed by atoms with Crippen molar-refractivity contribution in [3.05, 3.63) is 142 Å². The van der Waals surface area contributed by atoms with Gasteiger partial charge in [-0.2, -0.15) is 5.46 Å². The molecule has 0 amide bonds. The Kier molecular flexibility index (Phi) is 36.1. The summed E-state index contributed by atoms with van der Waals surface area (Å²) < 4.78 is 232.